The van der Waals surface area contributed by atoms with Crippen LogP contribution in [0.1, 0.15) is 12.1 Å². The Kier molecular flexibility index (Phi) is 4.17. The van der Waals surface area contributed by atoms with E-state index < -0.39 is 6.29 Å². The quantitative estimate of drug-likeness (QED) is 0.772. The monoisotopic (exact) mass is 301 g/mol. The van der Waals surface area contributed by atoms with Gasteiger partial charge in [0.25, 0.3) is 0 Å². The Balaban J connectivity index is 1.79. The Morgan fingerprint density at radius 3 is 3.00 bits per heavy atom. The summed E-state index contributed by atoms with van der Waals surface area (Å²) in [7, 11) is 1.62. The first-order valence-corrected chi connectivity index (χ1v) is 7.20. The molecule has 2 unspecified atom stereocenters. The Morgan fingerprint density at radius 2 is 2.18 bits per heavy atom. The van der Waals surface area contributed by atoms with Gasteiger partial charge in [-0.15, -0.1) is 0 Å². The summed E-state index contributed by atoms with van der Waals surface area (Å²) in [6.45, 7) is 2.42. The lowest BCUT2D eigenvalue weighted by molar-refractivity contribution is -0.124. The molecule has 7 heteroatoms. The average Bonchev–Trinajstić information content (AvgIpc) is 2.47. The van der Waals surface area contributed by atoms with Gasteiger partial charge in [0.1, 0.15) is 0 Å². The van der Waals surface area contributed by atoms with Gasteiger partial charge in [0.05, 0.1) is 17.8 Å². The lowest BCUT2D eigenvalue weighted by Gasteiger charge is -2.31. The molecule has 2 aromatic rings. The zero-order chi connectivity index (χ0) is 15.5. The number of nitrogens with one attached hydrogen (secondary N) is 3. The molecule has 0 aliphatic carbocycles. The third kappa shape index (κ3) is 3.15. The Morgan fingerprint density at radius 1 is 1.36 bits per heavy atom. The Labute approximate surface area is 128 Å². The van der Waals surface area contributed by atoms with E-state index >= 15 is 0 Å². The number of para-hydroxylation sites is 1. The second-order valence-corrected chi connectivity index (χ2v) is 5.32. The van der Waals surface area contributed by atoms with Crippen LogP contribution < -0.4 is 16.0 Å². The van der Waals surface area contributed by atoms with Crippen LogP contribution in [0.2, 0.25) is 0 Å². The lowest BCUT2D eigenvalue weighted by Crippen LogP contribution is -2.61. The molecule has 1 amide bonds. The zero-order valence-corrected chi connectivity index (χ0v) is 12.6. The summed E-state index contributed by atoms with van der Waals surface area (Å²) in [4.78, 5) is 20.7. The average molecular weight is 301 g/mol. The number of amides is 1. The molecule has 1 aromatic carbocycles. The predicted molar refractivity (Wildman–Crippen MR) is 83.2 cm³/mol. The number of anilines is 1. The number of carbonyl (C=O) groups excluding carboxylic acids is 1. The van der Waals surface area contributed by atoms with Crippen molar-refractivity contribution in [2.24, 2.45) is 0 Å². The third-order valence-corrected chi connectivity index (χ3v) is 3.57. The van der Waals surface area contributed by atoms with Gasteiger partial charge in [0.2, 0.25) is 11.9 Å². The van der Waals surface area contributed by atoms with Gasteiger partial charge in [-0.1, -0.05) is 18.2 Å². The largest absolute Gasteiger partial charge is 0.383 e. The zero-order valence-electron chi connectivity index (χ0n) is 12.6. The van der Waals surface area contributed by atoms with Crippen molar-refractivity contribution >= 4 is 22.8 Å². The summed E-state index contributed by atoms with van der Waals surface area (Å²) in [5.41, 5.74) is 1.76. The molecule has 2 atom stereocenters. The van der Waals surface area contributed by atoms with Crippen molar-refractivity contribution in [1.82, 2.24) is 20.6 Å². The fourth-order valence-corrected chi connectivity index (χ4v) is 2.59. The number of fused-ring (bicyclic) bond motifs is 1. The molecular formula is C15H19N5O2. The number of methoxy groups -OCH3 is 1. The minimum Gasteiger partial charge on any atom is -0.383 e. The van der Waals surface area contributed by atoms with Gasteiger partial charge >= 0.3 is 0 Å². The molecule has 1 aliphatic rings. The first-order valence-electron chi connectivity index (χ1n) is 7.20. The molecule has 3 N–H and O–H groups in total. The van der Waals surface area contributed by atoms with Gasteiger partial charge in [-0.05, 0) is 13.0 Å². The summed E-state index contributed by atoms with van der Waals surface area (Å²) < 4.78 is 5.10. The minimum absolute atomic E-state index is 0.0298. The van der Waals surface area contributed by atoms with E-state index in [9.17, 15) is 4.79 Å². The lowest BCUT2D eigenvalue weighted by atomic mass is 10.2. The molecule has 1 fully saturated rings. The fraction of sp³-hybridized carbons (Fsp3) is 0.400. The maximum absolute atomic E-state index is 11.7. The van der Waals surface area contributed by atoms with Gasteiger partial charge in [-0.2, -0.15) is 0 Å². The Hall–Kier alpha value is -2.25. The summed E-state index contributed by atoms with van der Waals surface area (Å²) in [6.07, 6.45) is -0.0224. The molecule has 0 radical (unpaired) electrons. The molecule has 1 aliphatic heterocycles. The predicted octanol–water partition coefficient (Wildman–Crippen LogP) is 0.758. The summed E-state index contributed by atoms with van der Waals surface area (Å²) in [6, 6.07) is 7.80. The molecule has 1 saturated heterocycles. The van der Waals surface area contributed by atoms with Crippen molar-refractivity contribution < 1.29 is 9.53 Å². The molecule has 7 nitrogen and oxygen atoms in total. The van der Waals surface area contributed by atoms with E-state index in [4.69, 9.17) is 4.74 Å². The number of benzene rings is 1. The SMILES string of the molecule is COCC1CC(=O)NC(Nc2nc(C)c3ccccc3n2)N1. The van der Waals surface area contributed by atoms with Crippen LogP contribution in [0.25, 0.3) is 10.9 Å². The van der Waals surface area contributed by atoms with Crippen LogP contribution in [0.4, 0.5) is 5.95 Å². The molecule has 1 aromatic heterocycles. The van der Waals surface area contributed by atoms with Gasteiger partial charge in [-0.3, -0.25) is 10.1 Å². The first-order chi connectivity index (χ1) is 10.7. The van der Waals surface area contributed by atoms with Crippen LogP contribution in [-0.4, -0.2) is 41.9 Å². The number of carbonyl (C=O) groups is 1. The normalized spacial score (nSPS) is 21.6. The highest BCUT2D eigenvalue weighted by Crippen LogP contribution is 2.16. The van der Waals surface area contributed by atoms with Crippen molar-refractivity contribution in [2.75, 3.05) is 19.0 Å². The number of rotatable bonds is 4. The number of aryl methyl sites for hydroxylation is 1. The van der Waals surface area contributed by atoms with E-state index in [1.165, 1.54) is 0 Å². The minimum atomic E-state index is -0.415. The standard InChI is InChI=1S/C15H19N5O2/c1-9-11-5-3-4-6-12(11)18-14(16-9)20-15-17-10(8-22-2)7-13(21)19-15/h3-6,10,15,17H,7-8H2,1-2H3,(H,19,21)(H,16,18,20). The molecular weight excluding hydrogens is 282 g/mol. The smallest absolute Gasteiger partial charge is 0.226 e. The number of hydrogen-bond donors (Lipinski definition) is 3. The van der Waals surface area contributed by atoms with Crippen molar-refractivity contribution in [3.63, 3.8) is 0 Å². The van der Waals surface area contributed by atoms with Crippen molar-refractivity contribution in [3.05, 3.63) is 30.0 Å². The van der Waals surface area contributed by atoms with Gasteiger partial charge in [0, 0.05) is 25.0 Å². The number of ether oxygens (including phenoxy) is 1. The number of hydrogen-bond acceptors (Lipinski definition) is 6. The molecule has 2 heterocycles. The molecule has 0 spiro atoms. The maximum atomic E-state index is 11.7. The van der Waals surface area contributed by atoms with E-state index in [1.807, 2.05) is 31.2 Å². The van der Waals surface area contributed by atoms with Crippen molar-refractivity contribution in [1.29, 1.82) is 0 Å². The highest BCUT2D eigenvalue weighted by molar-refractivity contribution is 5.82. The van der Waals surface area contributed by atoms with Crippen LogP contribution in [0, 0.1) is 6.92 Å². The molecule has 3 rings (SSSR count). The van der Waals surface area contributed by atoms with E-state index in [1.54, 1.807) is 7.11 Å². The highest BCUT2D eigenvalue weighted by Gasteiger charge is 2.26. The second kappa shape index (κ2) is 6.25. The van der Waals surface area contributed by atoms with E-state index in [-0.39, 0.29) is 11.9 Å². The second-order valence-electron chi connectivity index (χ2n) is 5.32. The van der Waals surface area contributed by atoms with Crippen molar-refractivity contribution in [3.8, 4) is 0 Å². The molecule has 0 saturated carbocycles. The van der Waals surface area contributed by atoms with Crippen molar-refractivity contribution in [2.45, 2.75) is 25.7 Å². The van der Waals surface area contributed by atoms with Crippen LogP contribution in [0.5, 0.6) is 0 Å². The van der Waals surface area contributed by atoms with Crippen LogP contribution in [0.3, 0.4) is 0 Å². The first kappa shape index (κ1) is 14.7. The number of aromatic nitrogens is 2. The molecule has 0 bridgehead atoms. The van der Waals surface area contributed by atoms with Crippen LogP contribution >= 0.6 is 0 Å². The van der Waals surface area contributed by atoms with E-state index in [2.05, 4.69) is 25.9 Å². The van der Waals surface area contributed by atoms with Crippen LogP contribution in [-0.2, 0) is 9.53 Å². The summed E-state index contributed by atoms with van der Waals surface area (Å²) in [5, 5.41) is 10.2. The fourth-order valence-electron chi connectivity index (χ4n) is 2.59. The van der Waals surface area contributed by atoms with E-state index in [0.29, 0.717) is 19.0 Å². The van der Waals surface area contributed by atoms with E-state index in [0.717, 1.165) is 16.6 Å². The van der Waals surface area contributed by atoms with Crippen LogP contribution in [0.15, 0.2) is 24.3 Å². The van der Waals surface area contributed by atoms with Gasteiger partial charge in [0.15, 0.2) is 6.29 Å². The number of nitrogens with zero attached hydrogens (tertiary/aromatic N) is 2. The highest BCUT2D eigenvalue weighted by atomic mass is 16.5. The summed E-state index contributed by atoms with van der Waals surface area (Å²) in [5.74, 6) is 0.447. The topological polar surface area (TPSA) is 88.2 Å². The molecule has 116 valence electrons. The Bertz CT molecular complexity index is 691. The third-order valence-electron chi connectivity index (χ3n) is 3.57. The summed E-state index contributed by atoms with van der Waals surface area (Å²) >= 11 is 0. The van der Waals surface area contributed by atoms with Gasteiger partial charge in [-0.25, -0.2) is 9.97 Å². The van der Waals surface area contributed by atoms with Gasteiger partial charge < -0.3 is 15.4 Å². The molecule has 22 heavy (non-hydrogen) atoms. The maximum Gasteiger partial charge on any atom is 0.226 e.